The molecule has 0 unspecified atom stereocenters. The highest BCUT2D eigenvalue weighted by Gasteiger charge is 2.39. The third-order valence-electron chi connectivity index (χ3n) is 5.13. The van der Waals surface area contributed by atoms with Crippen LogP contribution in [0.15, 0.2) is 22.5 Å². The van der Waals surface area contributed by atoms with E-state index < -0.39 is 0 Å². The Balaban J connectivity index is 1.53. The van der Waals surface area contributed by atoms with Gasteiger partial charge in [-0.2, -0.15) is 15.3 Å². The SMILES string of the molecule is C#CCCC1(CCC(=O)N2CCN(c3nncc(C)c3/C=C\C)CC2)N=N1. The van der Waals surface area contributed by atoms with E-state index in [0.29, 0.717) is 32.4 Å². The maximum absolute atomic E-state index is 12.6. The van der Waals surface area contributed by atoms with Gasteiger partial charge in [-0.1, -0.05) is 12.2 Å². The van der Waals surface area contributed by atoms with Crippen molar-refractivity contribution in [1.82, 2.24) is 15.1 Å². The molecule has 0 spiro atoms. The topological polar surface area (TPSA) is 74.1 Å². The van der Waals surface area contributed by atoms with E-state index in [1.54, 1.807) is 6.20 Å². The first-order chi connectivity index (χ1) is 13.1. The standard InChI is InChI=1S/C20H26N6O/c1-4-6-9-20(23-24-20)10-8-18(27)25-11-13-26(14-12-25)19-17(7-5-2)16(3)15-21-22-19/h1,5,7,15H,6,8-14H2,2-3H3/b7-5-. The van der Waals surface area contributed by atoms with Crippen LogP contribution in [-0.2, 0) is 4.79 Å². The summed E-state index contributed by atoms with van der Waals surface area (Å²) in [5, 5.41) is 16.6. The Hall–Kier alpha value is -2.75. The minimum Gasteiger partial charge on any atom is -0.351 e. The van der Waals surface area contributed by atoms with Crippen LogP contribution in [0.5, 0.6) is 0 Å². The molecular weight excluding hydrogens is 340 g/mol. The second kappa shape index (κ2) is 8.30. The number of amides is 1. The molecule has 1 aromatic heterocycles. The summed E-state index contributed by atoms with van der Waals surface area (Å²) in [6, 6.07) is 0. The van der Waals surface area contributed by atoms with E-state index in [1.807, 2.05) is 24.8 Å². The van der Waals surface area contributed by atoms with E-state index in [4.69, 9.17) is 6.42 Å². The number of carbonyl (C=O) groups excluding carboxylic acids is 1. The Labute approximate surface area is 160 Å². The molecule has 3 rings (SSSR count). The second-order valence-corrected chi connectivity index (χ2v) is 7.02. The largest absolute Gasteiger partial charge is 0.351 e. The van der Waals surface area contributed by atoms with Gasteiger partial charge in [0.25, 0.3) is 0 Å². The van der Waals surface area contributed by atoms with Gasteiger partial charge < -0.3 is 9.80 Å². The van der Waals surface area contributed by atoms with Crippen molar-refractivity contribution < 1.29 is 4.79 Å². The van der Waals surface area contributed by atoms with Crippen LogP contribution in [0.2, 0.25) is 0 Å². The van der Waals surface area contributed by atoms with Gasteiger partial charge in [-0.05, 0) is 19.4 Å². The number of terminal acetylenes is 1. The van der Waals surface area contributed by atoms with Crippen LogP contribution >= 0.6 is 0 Å². The lowest BCUT2D eigenvalue weighted by Crippen LogP contribution is -2.49. The monoisotopic (exact) mass is 366 g/mol. The summed E-state index contributed by atoms with van der Waals surface area (Å²) in [4.78, 5) is 16.7. The number of aromatic nitrogens is 2. The van der Waals surface area contributed by atoms with E-state index in [1.165, 1.54) is 0 Å². The molecule has 0 saturated carbocycles. The lowest BCUT2D eigenvalue weighted by atomic mass is 10.0. The fourth-order valence-electron chi connectivity index (χ4n) is 3.38. The van der Waals surface area contributed by atoms with Gasteiger partial charge in [0, 0.05) is 57.4 Å². The molecule has 0 radical (unpaired) electrons. The van der Waals surface area contributed by atoms with Gasteiger partial charge in [0.05, 0.1) is 6.20 Å². The van der Waals surface area contributed by atoms with Gasteiger partial charge >= 0.3 is 0 Å². The molecule has 1 aromatic rings. The summed E-state index contributed by atoms with van der Waals surface area (Å²) in [6.07, 6.45) is 13.7. The molecule has 1 amide bonds. The predicted octanol–water partition coefficient (Wildman–Crippen LogP) is 2.82. The summed E-state index contributed by atoms with van der Waals surface area (Å²) in [6.45, 7) is 6.92. The van der Waals surface area contributed by atoms with Gasteiger partial charge in [-0.25, -0.2) is 0 Å². The molecule has 0 atom stereocenters. The van der Waals surface area contributed by atoms with Gasteiger partial charge in [0.2, 0.25) is 5.91 Å². The van der Waals surface area contributed by atoms with Crippen molar-refractivity contribution in [1.29, 1.82) is 0 Å². The lowest BCUT2D eigenvalue weighted by Gasteiger charge is -2.36. The maximum Gasteiger partial charge on any atom is 0.222 e. The number of allylic oxidation sites excluding steroid dienone is 1. The average Bonchev–Trinajstić information content (AvgIpc) is 3.47. The Kier molecular flexibility index (Phi) is 5.84. The summed E-state index contributed by atoms with van der Waals surface area (Å²) < 4.78 is 0. The van der Waals surface area contributed by atoms with Gasteiger partial charge in [-0.3, -0.25) is 4.79 Å². The van der Waals surface area contributed by atoms with Crippen molar-refractivity contribution in [3.8, 4) is 12.3 Å². The highest BCUT2D eigenvalue weighted by atomic mass is 16.2. The maximum atomic E-state index is 12.6. The first kappa shape index (κ1) is 19.0. The molecule has 0 bridgehead atoms. The molecule has 7 heteroatoms. The van der Waals surface area contributed by atoms with E-state index in [-0.39, 0.29) is 11.6 Å². The number of hydrogen-bond acceptors (Lipinski definition) is 6. The summed E-state index contributed by atoms with van der Waals surface area (Å²) in [5.74, 6) is 3.67. The van der Waals surface area contributed by atoms with Crippen molar-refractivity contribution in [2.45, 2.75) is 45.2 Å². The molecule has 1 fully saturated rings. The molecule has 0 aromatic carbocycles. The van der Waals surface area contributed by atoms with Crippen LogP contribution < -0.4 is 4.90 Å². The van der Waals surface area contributed by atoms with Gasteiger partial charge in [-0.15, -0.1) is 17.4 Å². The summed E-state index contributed by atoms with van der Waals surface area (Å²) in [7, 11) is 0. The van der Waals surface area contributed by atoms with Crippen LogP contribution in [-0.4, -0.2) is 52.8 Å². The zero-order chi connectivity index (χ0) is 19.3. The third-order valence-corrected chi connectivity index (χ3v) is 5.13. The molecule has 142 valence electrons. The van der Waals surface area contributed by atoms with E-state index in [0.717, 1.165) is 36.5 Å². The van der Waals surface area contributed by atoms with Crippen molar-refractivity contribution in [2.75, 3.05) is 31.1 Å². The number of rotatable bonds is 7. The molecule has 1 saturated heterocycles. The molecular formula is C20H26N6O. The first-order valence-electron chi connectivity index (χ1n) is 9.44. The van der Waals surface area contributed by atoms with Crippen LogP contribution in [0.4, 0.5) is 5.82 Å². The fraction of sp³-hybridized carbons (Fsp3) is 0.550. The third kappa shape index (κ3) is 4.51. The van der Waals surface area contributed by atoms with Crippen LogP contribution in [0.3, 0.4) is 0 Å². The minimum absolute atomic E-state index is 0.163. The molecule has 2 aliphatic heterocycles. The Bertz CT molecular complexity index is 780. The van der Waals surface area contributed by atoms with Crippen molar-refractivity contribution >= 4 is 17.8 Å². The number of hydrogen-bond donors (Lipinski definition) is 0. The average molecular weight is 366 g/mol. The quantitative estimate of drug-likeness (QED) is 0.696. The summed E-state index contributed by atoms with van der Waals surface area (Å²) in [5.41, 5.74) is 1.81. The molecule has 3 heterocycles. The number of nitrogens with zero attached hydrogens (tertiary/aromatic N) is 6. The van der Waals surface area contributed by atoms with Crippen molar-refractivity contribution in [2.24, 2.45) is 10.2 Å². The normalized spacial score (nSPS) is 18.0. The number of piperazine rings is 1. The van der Waals surface area contributed by atoms with Crippen molar-refractivity contribution in [3.63, 3.8) is 0 Å². The first-order valence-corrected chi connectivity index (χ1v) is 9.44. The van der Waals surface area contributed by atoms with Gasteiger partial charge in [0.1, 0.15) is 0 Å². The fourth-order valence-corrected chi connectivity index (χ4v) is 3.38. The van der Waals surface area contributed by atoms with E-state index in [2.05, 4.69) is 37.3 Å². The van der Waals surface area contributed by atoms with Gasteiger partial charge in [0.15, 0.2) is 11.5 Å². The zero-order valence-corrected chi connectivity index (χ0v) is 16.1. The van der Waals surface area contributed by atoms with E-state index >= 15 is 0 Å². The molecule has 2 aliphatic rings. The van der Waals surface area contributed by atoms with Crippen molar-refractivity contribution in [3.05, 3.63) is 23.4 Å². The molecule has 0 N–H and O–H groups in total. The zero-order valence-electron chi connectivity index (χ0n) is 16.1. The van der Waals surface area contributed by atoms with E-state index in [9.17, 15) is 4.79 Å². The Morgan fingerprint density at radius 2 is 2.04 bits per heavy atom. The highest BCUT2D eigenvalue weighted by molar-refractivity contribution is 5.77. The molecule has 7 nitrogen and oxygen atoms in total. The highest BCUT2D eigenvalue weighted by Crippen LogP contribution is 2.37. The van der Waals surface area contributed by atoms with Crippen LogP contribution in [0.25, 0.3) is 6.08 Å². The smallest absolute Gasteiger partial charge is 0.222 e. The molecule has 0 aliphatic carbocycles. The number of carbonyl (C=O) groups is 1. The van der Waals surface area contributed by atoms with Crippen LogP contribution in [0, 0.1) is 19.3 Å². The summed E-state index contributed by atoms with van der Waals surface area (Å²) >= 11 is 0. The number of aryl methyl sites for hydroxylation is 1. The number of anilines is 1. The Morgan fingerprint density at radius 1 is 1.30 bits per heavy atom. The second-order valence-electron chi connectivity index (χ2n) is 7.02. The van der Waals surface area contributed by atoms with Crippen LogP contribution in [0.1, 0.15) is 43.7 Å². The predicted molar refractivity (Wildman–Crippen MR) is 105 cm³/mol. The minimum atomic E-state index is -0.387. The Morgan fingerprint density at radius 3 is 2.67 bits per heavy atom. The lowest BCUT2D eigenvalue weighted by molar-refractivity contribution is -0.131. The molecule has 27 heavy (non-hydrogen) atoms.